The molecule has 3 heterocycles. The fourth-order valence-corrected chi connectivity index (χ4v) is 6.28. The third-order valence-electron chi connectivity index (χ3n) is 6.48. The molecule has 0 radical (unpaired) electrons. The summed E-state index contributed by atoms with van der Waals surface area (Å²) in [5.41, 5.74) is 2.83. The Hall–Kier alpha value is -2.45. The molecule has 0 atom stereocenters. The van der Waals surface area contributed by atoms with Crippen LogP contribution in [0, 0.1) is 19.8 Å². The Labute approximate surface area is 190 Å². The number of hydrogen-bond acceptors (Lipinski definition) is 5. The zero-order valence-corrected chi connectivity index (χ0v) is 19.7. The average molecular weight is 457 g/mol. The van der Waals surface area contributed by atoms with Crippen LogP contribution in [0.15, 0.2) is 41.4 Å². The van der Waals surface area contributed by atoms with Crippen LogP contribution in [0.25, 0.3) is 0 Å². The molecule has 2 aromatic rings. The Kier molecular flexibility index (Phi) is 6.81. The minimum Gasteiger partial charge on any atom is -0.357 e. The van der Waals surface area contributed by atoms with Gasteiger partial charge in [-0.05, 0) is 68.9 Å². The molecule has 0 spiro atoms. The van der Waals surface area contributed by atoms with E-state index in [0.717, 1.165) is 35.6 Å². The van der Waals surface area contributed by atoms with Gasteiger partial charge in [0, 0.05) is 44.8 Å². The third kappa shape index (κ3) is 4.96. The first-order valence-electron chi connectivity index (χ1n) is 11.4. The van der Waals surface area contributed by atoms with Gasteiger partial charge in [-0.25, -0.2) is 13.4 Å². The Bertz CT molecular complexity index is 1070. The van der Waals surface area contributed by atoms with Crippen molar-refractivity contribution < 1.29 is 13.2 Å². The van der Waals surface area contributed by atoms with Gasteiger partial charge in [-0.1, -0.05) is 17.7 Å². The third-order valence-corrected chi connectivity index (χ3v) is 8.54. The number of nitrogens with one attached hydrogen (secondary N) is 1. The van der Waals surface area contributed by atoms with E-state index in [2.05, 4.69) is 15.2 Å². The second-order valence-electron chi connectivity index (χ2n) is 8.88. The van der Waals surface area contributed by atoms with Crippen LogP contribution >= 0.6 is 0 Å². The lowest BCUT2D eigenvalue weighted by molar-refractivity contribution is -0.126. The van der Waals surface area contributed by atoms with E-state index >= 15 is 0 Å². The van der Waals surface area contributed by atoms with E-state index in [9.17, 15) is 13.2 Å². The van der Waals surface area contributed by atoms with Gasteiger partial charge >= 0.3 is 0 Å². The summed E-state index contributed by atoms with van der Waals surface area (Å²) in [7, 11) is -3.54. The van der Waals surface area contributed by atoms with E-state index in [0.29, 0.717) is 37.4 Å². The Balaban J connectivity index is 1.31. The van der Waals surface area contributed by atoms with Gasteiger partial charge in [-0.3, -0.25) is 4.79 Å². The molecular weight excluding hydrogens is 424 g/mol. The van der Waals surface area contributed by atoms with Crippen LogP contribution in [0.2, 0.25) is 0 Å². The van der Waals surface area contributed by atoms with Gasteiger partial charge in [0.05, 0.1) is 4.90 Å². The fourth-order valence-electron chi connectivity index (χ4n) is 4.61. The molecule has 0 bridgehead atoms. The second-order valence-corrected chi connectivity index (χ2v) is 10.8. The predicted octanol–water partition coefficient (Wildman–Crippen LogP) is 3.02. The van der Waals surface area contributed by atoms with Gasteiger partial charge in [-0.15, -0.1) is 0 Å². The molecule has 4 rings (SSSR count). The molecule has 0 saturated carbocycles. The summed E-state index contributed by atoms with van der Waals surface area (Å²) in [6, 6.07) is 9.38. The van der Waals surface area contributed by atoms with Crippen LogP contribution in [-0.4, -0.2) is 49.8 Å². The molecule has 172 valence electrons. The molecule has 2 aliphatic rings. The van der Waals surface area contributed by atoms with E-state index in [-0.39, 0.29) is 11.8 Å². The second kappa shape index (κ2) is 9.58. The van der Waals surface area contributed by atoms with Crippen LogP contribution < -0.4 is 10.2 Å². The summed E-state index contributed by atoms with van der Waals surface area (Å²) >= 11 is 0. The number of aryl methyl sites for hydroxylation is 2. The van der Waals surface area contributed by atoms with Gasteiger partial charge in [0.2, 0.25) is 15.9 Å². The first-order valence-corrected chi connectivity index (χ1v) is 12.8. The monoisotopic (exact) mass is 456 g/mol. The SMILES string of the molecule is Cc1ccc(S(=O)(=O)N2CCC(C(=O)NCc3ccnc(N4CCCC4)c3)CC2)c(C)c1. The van der Waals surface area contributed by atoms with Crippen LogP contribution in [0.4, 0.5) is 5.82 Å². The number of piperidine rings is 1. The maximum Gasteiger partial charge on any atom is 0.243 e. The largest absolute Gasteiger partial charge is 0.357 e. The first-order chi connectivity index (χ1) is 15.3. The summed E-state index contributed by atoms with van der Waals surface area (Å²) in [5.74, 6) is 0.799. The molecule has 1 amide bonds. The van der Waals surface area contributed by atoms with Gasteiger partial charge in [0.25, 0.3) is 0 Å². The van der Waals surface area contributed by atoms with E-state index in [1.807, 2.05) is 38.1 Å². The van der Waals surface area contributed by atoms with Gasteiger partial charge in [0.15, 0.2) is 0 Å². The molecule has 1 aromatic heterocycles. The summed E-state index contributed by atoms with van der Waals surface area (Å²) in [6.45, 7) is 7.04. The number of carbonyl (C=O) groups excluding carboxylic acids is 1. The molecule has 1 aromatic carbocycles. The number of rotatable bonds is 6. The molecule has 2 saturated heterocycles. The van der Waals surface area contributed by atoms with Crippen molar-refractivity contribution in [2.45, 2.75) is 51.0 Å². The van der Waals surface area contributed by atoms with Gasteiger partial charge in [0.1, 0.15) is 5.82 Å². The summed E-state index contributed by atoms with van der Waals surface area (Å²) in [5, 5.41) is 3.03. The number of sulfonamides is 1. The van der Waals surface area contributed by atoms with Crippen LogP contribution in [0.3, 0.4) is 0 Å². The van der Waals surface area contributed by atoms with E-state index in [1.165, 1.54) is 17.1 Å². The number of pyridine rings is 1. The summed E-state index contributed by atoms with van der Waals surface area (Å²) in [6.07, 6.45) is 5.25. The van der Waals surface area contributed by atoms with E-state index in [1.54, 1.807) is 12.3 Å². The van der Waals surface area contributed by atoms with Gasteiger partial charge < -0.3 is 10.2 Å². The number of benzene rings is 1. The first kappa shape index (κ1) is 22.7. The Morgan fingerprint density at radius 3 is 2.47 bits per heavy atom. The Morgan fingerprint density at radius 2 is 1.78 bits per heavy atom. The van der Waals surface area contributed by atoms with Crippen molar-refractivity contribution in [3.63, 3.8) is 0 Å². The van der Waals surface area contributed by atoms with E-state index < -0.39 is 10.0 Å². The average Bonchev–Trinajstić information content (AvgIpc) is 3.32. The van der Waals surface area contributed by atoms with Crippen molar-refractivity contribution in [2.75, 3.05) is 31.1 Å². The standard InChI is InChI=1S/C24H32N4O3S/c1-18-5-6-22(19(2)15-18)32(30,31)28-13-8-21(9-14-28)24(29)26-17-20-7-10-25-23(16-20)27-11-3-4-12-27/h5-7,10,15-16,21H,3-4,8-9,11-14,17H2,1-2H3,(H,26,29). The highest BCUT2D eigenvalue weighted by Gasteiger charge is 2.32. The van der Waals surface area contributed by atoms with E-state index in [4.69, 9.17) is 0 Å². The summed E-state index contributed by atoms with van der Waals surface area (Å²) < 4.78 is 27.6. The Morgan fingerprint density at radius 1 is 1.06 bits per heavy atom. The highest BCUT2D eigenvalue weighted by atomic mass is 32.2. The minimum atomic E-state index is -3.54. The van der Waals surface area contributed by atoms with Crippen molar-refractivity contribution in [1.29, 1.82) is 0 Å². The normalized spacial score (nSPS) is 18.1. The van der Waals surface area contributed by atoms with Crippen molar-refractivity contribution in [1.82, 2.24) is 14.6 Å². The summed E-state index contributed by atoms with van der Waals surface area (Å²) in [4.78, 5) is 19.8. The lowest BCUT2D eigenvalue weighted by atomic mass is 9.97. The zero-order chi connectivity index (χ0) is 22.7. The molecule has 2 fully saturated rings. The van der Waals surface area contributed by atoms with Crippen molar-refractivity contribution in [3.8, 4) is 0 Å². The molecule has 32 heavy (non-hydrogen) atoms. The topological polar surface area (TPSA) is 82.6 Å². The zero-order valence-electron chi connectivity index (χ0n) is 18.9. The lowest BCUT2D eigenvalue weighted by Gasteiger charge is -2.31. The maximum atomic E-state index is 13.1. The minimum absolute atomic E-state index is 0.00639. The van der Waals surface area contributed by atoms with Crippen molar-refractivity contribution >= 4 is 21.7 Å². The van der Waals surface area contributed by atoms with Crippen LogP contribution in [0.1, 0.15) is 42.4 Å². The molecule has 8 heteroatoms. The molecule has 7 nitrogen and oxygen atoms in total. The van der Waals surface area contributed by atoms with Crippen LogP contribution in [-0.2, 0) is 21.4 Å². The predicted molar refractivity (Wildman–Crippen MR) is 125 cm³/mol. The fraction of sp³-hybridized carbons (Fsp3) is 0.500. The number of nitrogens with zero attached hydrogens (tertiary/aromatic N) is 3. The highest BCUT2D eigenvalue weighted by Crippen LogP contribution is 2.26. The molecule has 2 aliphatic heterocycles. The smallest absolute Gasteiger partial charge is 0.243 e. The van der Waals surface area contributed by atoms with Crippen molar-refractivity contribution in [3.05, 3.63) is 53.2 Å². The molecule has 0 unspecified atom stereocenters. The molecule has 0 aliphatic carbocycles. The molecular formula is C24H32N4O3S. The quantitative estimate of drug-likeness (QED) is 0.723. The van der Waals surface area contributed by atoms with Crippen LogP contribution in [0.5, 0.6) is 0 Å². The highest BCUT2D eigenvalue weighted by molar-refractivity contribution is 7.89. The molecule has 1 N–H and O–H groups in total. The number of carbonyl (C=O) groups is 1. The number of amides is 1. The number of aromatic nitrogens is 1. The lowest BCUT2D eigenvalue weighted by Crippen LogP contribution is -2.43. The van der Waals surface area contributed by atoms with Crippen molar-refractivity contribution in [2.24, 2.45) is 5.92 Å². The maximum absolute atomic E-state index is 13.1. The number of anilines is 1. The van der Waals surface area contributed by atoms with Gasteiger partial charge in [-0.2, -0.15) is 4.31 Å². The number of hydrogen-bond donors (Lipinski definition) is 1.